The molecule has 2 aromatic rings. The molecule has 0 atom stereocenters. The summed E-state index contributed by atoms with van der Waals surface area (Å²) in [5.41, 5.74) is 7.83. The summed E-state index contributed by atoms with van der Waals surface area (Å²) < 4.78 is 0. The van der Waals surface area contributed by atoms with E-state index in [4.69, 9.17) is 17.3 Å². The molecule has 2 saturated carbocycles. The van der Waals surface area contributed by atoms with Gasteiger partial charge in [-0.15, -0.1) is 5.10 Å². The highest BCUT2D eigenvalue weighted by atomic mass is 35.5. The molecule has 2 fully saturated rings. The summed E-state index contributed by atoms with van der Waals surface area (Å²) in [7, 11) is 0. The van der Waals surface area contributed by atoms with Gasteiger partial charge in [-0.2, -0.15) is 5.10 Å². The van der Waals surface area contributed by atoms with Crippen LogP contribution in [0.25, 0.3) is 0 Å². The van der Waals surface area contributed by atoms with E-state index in [1.807, 2.05) is 18.2 Å². The Morgan fingerprint density at radius 1 is 1.15 bits per heavy atom. The van der Waals surface area contributed by atoms with Gasteiger partial charge in [0.25, 0.3) is 5.91 Å². The van der Waals surface area contributed by atoms with Crippen LogP contribution < -0.4 is 5.73 Å². The minimum atomic E-state index is -0.0494. The Hall–Kier alpha value is -1.98. The highest BCUT2D eigenvalue weighted by Crippen LogP contribution is 2.43. The second kappa shape index (κ2) is 7.56. The Morgan fingerprint density at radius 3 is 2.48 bits per heavy atom. The molecule has 1 aromatic heterocycles. The van der Waals surface area contributed by atoms with E-state index in [9.17, 15) is 4.79 Å². The number of amides is 1. The number of carbonyl (C=O) groups excluding carboxylic acids is 1. The van der Waals surface area contributed by atoms with Crippen LogP contribution in [0.5, 0.6) is 0 Å². The van der Waals surface area contributed by atoms with E-state index in [2.05, 4.69) is 21.2 Å². The molecule has 5 nitrogen and oxygen atoms in total. The van der Waals surface area contributed by atoms with Gasteiger partial charge >= 0.3 is 0 Å². The minimum absolute atomic E-state index is 0.0126. The molecule has 1 heterocycles. The van der Waals surface area contributed by atoms with Crippen LogP contribution in [0.2, 0.25) is 5.02 Å². The van der Waals surface area contributed by atoms with Crippen molar-refractivity contribution >= 4 is 17.5 Å². The highest BCUT2D eigenvalue weighted by Gasteiger charge is 2.43. The summed E-state index contributed by atoms with van der Waals surface area (Å²) in [6.07, 6.45) is 7.59. The highest BCUT2D eigenvalue weighted by molar-refractivity contribution is 6.30. The van der Waals surface area contributed by atoms with Gasteiger partial charge in [-0.1, -0.05) is 23.7 Å². The lowest BCUT2D eigenvalue weighted by Crippen LogP contribution is -2.48. The van der Waals surface area contributed by atoms with Crippen LogP contribution >= 0.6 is 11.6 Å². The number of hydrogen-bond donors (Lipinski definition) is 1. The molecule has 0 unspecified atom stereocenters. The van der Waals surface area contributed by atoms with Gasteiger partial charge in [-0.25, -0.2) is 0 Å². The molecule has 2 N–H and O–H groups in total. The van der Waals surface area contributed by atoms with Crippen LogP contribution in [0.15, 0.2) is 42.6 Å². The predicted molar refractivity (Wildman–Crippen MR) is 106 cm³/mol. The molecule has 0 aliphatic heterocycles. The van der Waals surface area contributed by atoms with Gasteiger partial charge in [0.15, 0.2) is 5.69 Å². The summed E-state index contributed by atoms with van der Waals surface area (Å²) >= 11 is 6.21. The monoisotopic (exact) mass is 384 g/mol. The Labute approximate surface area is 164 Å². The first-order valence-electron chi connectivity index (χ1n) is 9.69. The molecule has 0 radical (unpaired) electrons. The summed E-state index contributed by atoms with van der Waals surface area (Å²) in [6.45, 7) is 0.599. The molecule has 1 amide bonds. The Balaban J connectivity index is 1.52. The Bertz CT molecular complexity index is 801. The van der Waals surface area contributed by atoms with Crippen LogP contribution in [0, 0.1) is 0 Å². The number of rotatable bonds is 5. The fourth-order valence-electron chi connectivity index (χ4n) is 4.39. The maximum absolute atomic E-state index is 13.1. The average Bonchev–Trinajstić information content (AvgIpc) is 3.54. The van der Waals surface area contributed by atoms with Gasteiger partial charge in [0, 0.05) is 35.3 Å². The molecule has 0 saturated heterocycles. The van der Waals surface area contributed by atoms with Crippen molar-refractivity contribution in [1.82, 2.24) is 15.1 Å². The third kappa shape index (κ3) is 3.71. The quantitative estimate of drug-likeness (QED) is 0.855. The Kier molecular flexibility index (Phi) is 5.15. The topological polar surface area (TPSA) is 72.1 Å². The fourth-order valence-corrected chi connectivity index (χ4v) is 4.58. The van der Waals surface area contributed by atoms with Crippen molar-refractivity contribution in [3.8, 4) is 0 Å². The molecule has 2 aliphatic carbocycles. The van der Waals surface area contributed by atoms with E-state index in [-0.39, 0.29) is 17.4 Å². The van der Waals surface area contributed by atoms with Crippen LogP contribution in [0.1, 0.15) is 54.6 Å². The van der Waals surface area contributed by atoms with Crippen LogP contribution in [0.4, 0.5) is 0 Å². The van der Waals surface area contributed by atoms with Gasteiger partial charge in [0.2, 0.25) is 0 Å². The summed E-state index contributed by atoms with van der Waals surface area (Å²) in [5.74, 6) is 0.0126. The normalized spacial score (nSPS) is 25.2. The lowest BCUT2D eigenvalue weighted by molar-refractivity contribution is 0.0565. The van der Waals surface area contributed by atoms with E-state index in [1.165, 1.54) is 5.56 Å². The van der Waals surface area contributed by atoms with Gasteiger partial charge in [-0.3, -0.25) is 4.79 Å². The zero-order valence-electron chi connectivity index (χ0n) is 15.4. The van der Waals surface area contributed by atoms with Gasteiger partial charge in [0.05, 0.1) is 0 Å². The summed E-state index contributed by atoms with van der Waals surface area (Å²) in [6, 6.07) is 12.2. The zero-order chi connectivity index (χ0) is 18.9. The molecule has 142 valence electrons. The van der Waals surface area contributed by atoms with Crippen LogP contribution in [0.3, 0.4) is 0 Å². The Morgan fingerprint density at radius 2 is 1.89 bits per heavy atom. The SMILES string of the molecule is NCC1(c2cccc(Cl)c2)CCC(N(C(=O)c2cccnn2)C2CC2)CC1. The van der Waals surface area contributed by atoms with Crippen molar-refractivity contribution in [1.29, 1.82) is 0 Å². The van der Waals surface area contributed by atoms with Gasteiger partial charge < -0.3 is 10.6 Å². The molecular weight excluding hydrogens is 360 g/mol. The predicted octanol–water partition coefficient (Wildman–Crippen LogP) is 3.57. The molecule has 0 spiro atoms. The van der Waals surface area contributed by atoms with Crippen molar-refractivity contribution in [3.63, 3.8) is 0 Å². The number of aromatic nitrogens is 2. The van der Waals surface area contributed by atoms with E-state index in [0.29, 0.717) is 18.3 Å². The lowest BCUT2D eigenvalue weighted by Gasteiger charge is -2.43. The van der Waals surface area contributed by atoms with Crippen molar-refractivity contribution in [3.05, 3.63) is 58.9 Å². The number of nitrogens with zero attached hydrogens (tertiary/aromatic N) is 3. The summed E-state index contributed by atoms with van der Waals surface area (Å²) in [5, 5.41) is 8.65. The lowest BCUT2D eigenvalue weighted by atomic mass is 9.68. The largest absolute Gasteiger partial charge is 0.331 e. The zero-order valence-corrected chi connectivity index (χ0v) is 16.1. The second-order valence-corrected chi connectivity index (χ2v) is 8.21. The van der Waals surface area contributed by atoms with Gasteiger partial charge in [0.1, 0.15) is 0 Å². The fraction of sp³-hybridized carbons (Fsp3) is 0.476. The van der Waals surface area contributed by atoms with E-state index >= 15 is 0 Å². The third-order valence-electron chi connectivity index (χ3n) is 6.10. The molecule has 4 rings (SSSR count). The first kappa shape index (κ1) is 18.4. The number of nitrogens with two attached hydrogens (primary N) is 1. The molecular formula is C21H25ClN4O. The maximum atomic E-state index is 13.1. The molecule has 27 heavy (non-hydrogen) atoms. The maximum Gasteiger partial charge on any atom is 0.274 e. The molecule has 6 heteroatoms. The second-order valence-electron chi connectivity index (χ2n) is 7.78. The molecule has 2 aliphatic rings. The van der Waals surface area contributed by atoms with E-state index in [1.54, 1.807) is 18.3 Å². The standard InChI is InChI=1S/C21H25ClN4O/c22-16-4-1-3-15(13-16)21(14-23)10-8-18(9-11-21)26(17-6-7-17)20(27)19-5-2-12-24-25-19/h1-5,12-13,17-18H,6-11,14,23H2. The van der Waals surface area contributed by atoms with E-state index < -0.39 is 0 Å². The van der Waals surface area contributed by atoms with Crippen molar-refractivity contribution in [2.75, 3.05) is 6.54 Å². The molecule has 0 bridgehead atoms. The van der Waals surface area contributed by atoms with Gasteiger partial charge in [-0.05, 0) is 68.4 Å². The number of halogens is 1. The first-order chi connectivity index (χ1) is 13.1. The van der Waals surface area contributed by atoms with Crippen LogP contribution in [-0.2, 0) is 5.41 Å². The minimum Gasteiger partial charge on any atom is -0.331 e. The van der Waals surface area contributed by atoms with E-state index in [0.717, 1.165) is 43.5 Å². The van der Waals surface area contributed by atoms with Crippen LogP contribution in [-0.4, -0.2) is 39.6 Å². The average molecular weight is 385 g/mol. The number of benzene rings is 1. The van der Waals surface area contributed by atoms with Crippen molar-refractivity contribution in [2.24, 2.45) is 5.73 Å². The number of hydrogen-bond acceptors (Lipinski definition) is 4. The number of carbonyl (C=O) groups is 1. The first-order valence-corrected chi connectivity index (χ1v) is 10.1. The third-order valence-corrected chi connectivity index (χ3v) is 6.33. The van der Waals surface area contributed by atoms with Crippen molar-refractivity contribution < 1.29 is 4.79 Å². The smallest absolute Gasteiger partial charge is 0.274 e. The molecule has 1 aromatic carbocycles. The summed E-state index contributed by atoms with van der Waals surface area (Å²) in [4.78, 5) is 15.1. The van der Waals surface area contributed by atoms with Crippen molar-refractivity contribution in [2.45, 2.75) is 56.0 Å².